The van der Waals surface area contributed by atoms with Crippen LogP contribution in [0.15, 0.2) is 24.3 Å². The van der Waals surface area contributed by atoms with Crippen LogP contribution in [0.4, 0.5) is 5.69 Å². The standard InChI is InChI=1S/C24H41NO4/c1-3-4-5-6-7-8-9-10-11-12-17-27-18-19-28-20-21-29-24-15-13-23(14-16-24)25-22(2)26/h13-16H,3-12,17-21H2,1-2H3,(H,25,26). The molecule has 0 fully saturated rings. The van der Waals surface area contributed by atoms with Crippen LogP contribution in [0.3, 0.4) is 0 Å². The van der Waals surface area contributed by atoms with Crippen molar-refractivity contribution in [2.24, 2.45) is 0 Å². The van der Waals surface area contributed by atoms with Crippen molar-refractivity contribution < 1.29 is 19.0 Å². The second-order valence-corrected chi connectivity index (χ2v) is 7.46. The van der Waals surface area contributed by atoms with Gasteiger partial charge in [-0.15, -0.1) is 0 Å². The van der Waals surface area contributed by atoms with Gasteiger partial charge in [-0.1, -0.05) is 64.7 Å². The van der Waals surface area contributed by atoms with E-state index in [0.29, 0.717) is 26.4 Å². The summed E-state index contributed by atoms with van der Waals surface area (Å²) in [6.45, 7) is 6.86. The quantitative estimate of drug-likeness (QED) is 0.287. The fourth-order valence-electron chi connectivity index (χ4n) is 3.07. The zero-order valence-corrected chi connectivity index (χ0v) is 18.5. The Bertz CT molecular complexity index is 504. The van der Waals surface area contributed by atoms with Crippen molar-refractivity contribution in [1.29, 1.82) is 0 Å². The maximum absolute atomic E-state index is 11.0. The minimum absolute atomic E-state index is 0.0811. The van der Waals surface area contributed by atoms with Gasteiger partial charge in [0.15, 0.2) is 0 Å². The molecule has 166 valence electrons. The summed E-state index contributed by atoms with van der Waals surface area (Å²) in [4.78, 5) is 11.0. The van der Waals surface area contributed by atoms with Crippen molar-refractivity contribution in [3.8, 4) is 5.75 Å². The zero-order valence-electron chi connectivity index (χ0n) is 18.5. The molecule has 0 aromatic heterocycles. The Balaban J connectivity index is 1.80. The second-order valence-electron chi connectivity index (χ2n) is 7.46. The maximum Gasteiger partial charge on any atom is 0.221 e. The summed E-state index contributed by atoms with van der Waals surface area (Å²) in [5.41, 5.74) is 0.764. The second kappa shape index (κ2) is 18.4. The predicted molar refractivity (Wildman–Crippen MR) is 120 cm³/mol. The Kier molecular flexibility index (Phi) is 16.2. The Morgan fingerprint density at radius 3 is 1.83 bits per heavy atom. The number of nitrogens with one attached hydrogen (secondary N) is 1. The third-order valence-corrected chi connectivity index (χ3v) is 4.69. The van der Waals surface area contributed by atoms with Crippen LogP contribution in [0.1, 0.15) is 78.1 Å². The lowest BCUT2D eigenvalue weighted by atomic mass is 10.1. The topological polar surface area (TPSA) is 56.8 Å². The molecule has 0 aliphatic heterocycles. The molecule has 0 bridgehead atoms. The lowest BCUT2D eigenvalue weighted by Gasteiger charge is -2.09. The molecule has 29 heavy (non-hydrogen) atoms. The lowest BCUT2D eigenvalue weighted by molar-refractivity contribution is -0.114. The van der Waals surface area contributed by atoms with Gasteiger partial charge in [-0.25, -0.2) is 0 Å². The van der Waals surface area contributed by atoms with Gasteiger partial charge in [0.2, 0.25) is 5.91 Å². The van der Waals surface area contributed by atoms with Gasteiger partial charge in [-0.2, -0.15) is 0 Å². The number of rotatable bonds is 19. The number of unbranched alkanes of at least 4 members (excludes halogenated alkanes) is 9. The molecule has 0 atom stereocenters. The molecule has 0 spiro atoms. The van der Waals surface area contributed by atoms with Gasteiger partial charge < -0.3 is 19.5 Å². The average molecular weight is 408 g/mol. The summed E-state index contributed by atoms with van der Waals surface area (Å²) < 4.78 is 16.7. The van der Waals surface area contributed by atoms with Crippen LogP contribution in [0.2, 0.25) is 0 Å². The number of hydrogen-bond donors (Lipinski definition) is 1. The first-order valence-corrected chi connectivity index (χ1v) is 11.4. The van der Waals surface area contributed by atoms with E-state index in [1.165, 1.54) is 64.7 Å². The Morgan fingerprint density at radius 2 is 1.24 bits per heavy atom. The summed E-state index contributed by atoms with van der Waals surface area (Å²) >= 11 is 0. The fourth-order valence-corrected chi connectivity index (χ4v) is 3.07. The summed E-state index contributed by atoms with van der Waals surface area (Å²) in [6.07, 6.45) is 13.4. The first-order valence-electron chi connectivity index (χ1n) is 11.4. The third-order valence-electron chi connectivity index (χ3n) is 4.69. The lowest BCUT2D eigenvalue weighted by Crippen LogP contribution is -2.11. The van der Waals surface area contributed by atoms with E-state index in [1.54, 1.807) is 0 Å². The number of anilines is 1. The Morgan fingerprint density at radius 1 is 0.724 bits per heavy atom. The molecule has 0 aliphatic carbocycles. The van der Waals surface area contributed by atoms with Crippen molar-refractivity contribution in [3.05, 3.63) is 24.3 Å². The molecule has 1 aromatic rings. The average Bonchev–Trinajstić information content (AvgIpc) is 2.71. The molecule has 0 saturated heterocycles. The third kappa shape index (κ3) is 16.0. The maximum atomic E-state index is 11.0. The van der Waals surface area contributed by atoms with E-state index in [1.807, 2.05) is 24.3 Å². The van der Waals surface area contributed by atoms with E-state index < -0.39 is 0 Å². The molecule has 5 heteroatoms. The van der Waals surface area contributed by atoms with Crippen LogP contribution >= 0.6 is 0 Å². The Hall–Kier alpha value is -1.59. The molecule has 1 N–H and O–H groups in total. The van der Waals surface area contributed by atoms with Crippen molar-refractivity contribution in [2.75, 3.05) is 38.4 Å². The summed E-state index contributed by atoms with van der Waals surface area (Å²) in [6, 6.07) is 7.31. The number of benzene rings is 1. The van der Waals surface area contributed by atoms with E-state index in [4.69, 9.17) is 14.2 Å². The minimum atomic E-state index is -0.0811. The van der Waals surface area contributed by atoms with Gasteiger partial charge in [0.25, 0.3) is 0 Å². The summed E-state index contributed by atoms with van der Waals surface area (Å²) in [5, 5.41) is 2.72. The number of hydrogen-bond acceptors (Lipinski definition) is 4. The van der Waals surface area contributed by atoms with Crippen LogP contribution < -0.4 is 10.1 Å². The Labute approximate surface area is 177 Å². The van der Waals surface area contributed by atoms with E-state index in [9.17, 15) is 4.79 Å². The first kappa shape index (κ1) is 25.4. The molecule has 0 unspecified atom stereocenters. The highest BCUT2D eigenvalue weighted by Crippen LogP contribution is 2.15. The van der Waals surface area contributed by atoms with Gasteiger partial charge in [-0.3, -0.25) is 4.79 Å². The smallest absolute Gasteiger partial charge is 0.221 e. The number of ether oxygens (including phenoxy) is 3. The van der Waals surface area contributed by atoms with E-state index in [2.05, 4.69) is 12.2 Å². The molecule has 0 heterocycles. The van der Waals surface area contributed by atoms with E-state index in [-0.39, 0.29) is 5.91 Å². The summed E-state index contributed by atoms with van der Waals surface area (Å²) in [5.74, 6) is 0.683. The summed E-state index contributed by atoms with van der Waals surface area (Å²) in [7, 11) is 0. The molecule has 5 nitrogen and oxygen atoms in total. The molecular weight excluding hydrogens is 366 g/mol. The monoisotopic (exact) mass is 407 g/mol. The van der Waals surface area contributed by atoms with Crippen molar-refractivity contribution in [1.82, 2.24) is 0 Å². The van der Waals surface area contributed by atoms with E-state index in [0.717, 1.165) is 24.5 Å². The zero-order chi connectivity index (χ0) is 21.0. The molecule has 0 aliphatic rings. The molecule has 1 rings (SSSR count). The molecule has 1 amide bonds. The molecule has 1 aromatic carbocycles. The molecular formula is C24H41NO4. The number of amides is 1. The highest BCUT2D eigenvalue weighted by atomic mass is 16.5. The van der Waals surface area contributed by atoms with Gasteiger partial charge in [0.05, 0.1) is 19.8 Å². The normalized spacial score (nSPS) is 10.8. The van der Waals surface area contributed by atoms with Gasteiger partial charge >= 0.3 is 0 Å². The van der Waals surface area contributed by atoms with Gasteiger partial charge in [0, 0.05) is 19.2 Å². The predicted octanol–water partition coefficient (Wildman–Crippen LogP) is 5.98. The van der Waals surface area contributed by atoms with Crippen LogP contribution in [0.5, 0.6) is 5.75 Å². The van der Waals surface area contributed by atoms with Gasteiger partial charge in [0.1, 0.15) is 12.4 Å². The molecule has 0 saturated carbocycles. The van der Waals surface area contributed by atoms with Gasteiger partial charge in [-0.05, 0) is 30.7 Å². The van der Waals surface area contributed by atoms with Crippen LogP contribution in [-0.2, 0) is 14.3 Å². The first-order chi connectivity index (χ1) is 14.2. The van der Waals surface area contributed by atoms with Crippen molar-refractivity contribution in [3.63, 3.8) is 0 Å². The van der Waals surface area contributed by atoms with Crippen molar-refractivity contribution in [2.45, 2.75) is 78.1 Å². The van der Waals surface area contributed by atoms with Crippen LogP contribution in [0, 0.1) is 0 Å². The molecule has 0 radical (unpaired) electrons. The number of carbonyl (C=O) groups excluding carboxylic acids is 1. The van der Waals surface area contributed by atoms with E-state index >= 15 is 0 Å². The highest BCUT2D eigenvalue weighted by molar-refractivity contribution is 5.88. The highest BCUT2D eigenvalue weighted by Gasteiger charge is 1.98. The number of carbonyl (C=O) groups is 1. The SMILES string of the molecule is CCCCCCCCCCCCOCCOCCOc1ccc(NC(C)=O)cc1. The largest absolute Gasteiger partial charge is 0.491 e. The van der Waals surface area contributed by atoms with Crippen LogP contribution in [0.25, 0.3) is 0 Å². The minimum Gasteiger partial charge on any atom is -0.491 e. The van der Waals surface area contributed by atoms with Crippen LogP contribution in [-0.4, -0.2) is 38.9 Å². The fraction of sp³-hybridized carbons (Fsp3) is 0.708. The van der Waals surface area contributed by atoms with Crippen molar-refractivity contribution >= 4 is 11.6 Å².